The molecule has 1 saturated carbocycles. The first-order chi connectivity index (χ1) is 17.8. The molecule has 0 unspecified atom stereocenters. The van der Waals surface area contributed by atoms with Gasteiger partial charge in [-0.15, -0.1) is 11.8 Å². The lowest BCUT2D eigenvalue weighted by Crippen LogP contribution is -2.39. The Labute approximate surface area is 234 Å². The quantitative estimate of drug-likeness (QED) is 0.150. The maximum atomic E-state index is 11.8. The lowest BCUT2D eigenvalue weighted by atomic mass is 9.86. The minimum atomic E-state index is -1.50. The highest BCUT2D eigenvalue weighted by atomic mass is 32.2. The fourth-order valence-electron chi connectivity index (χ4n) is 4.33. The Hall–Kier alpha value is -2.57. The van der Waals surface area contributed by atoms with Gasteiger partial charge in [-0.2, -0.15) is 0 Å². The van der Waals surface area contributed by atoms with Gasteiger partial charge >= 0.3 is 11.9 Å². The largest absolute Gasteiger partial charge is 0.423 e. The van der Waals surface area contributed by atoms with Crippen LogP contribution < -0.4 is 14.7 Å². The Kier molecular flexibility index (Phi) is 11.7. The van der Waals surface area contributed by atoms with Gasteiger partial charge in [-0.05, 0) is 42.0 Å². The molecule has 0 N–H and O–H groups in total. The van der Waals surface area contributed by atoms with Crippen LogP contribution >= 0.6 is 11.8 Å². The maximum Gasteiger partial charge on any atom is 0.335 e. The molecule has 0 radical (unpaired) electrons. The highest BCUT2D eigenvalue weighted by Crippen LogP contribution is 2.43. The number of carbonyl (C=O) groups is 2. The van der Waals surface area contributed by atoms with Gasteiger partial charge in [0.15, 0.2) is 0 Å². The van der Waals surface area contributed by atoms with Crippen LogP contribution in [0.4, 0.5) is 0 Å². The first-order valence-corrected chi connectivity index (χ1v) is 17.7. The van der Waals surface area contributed by atoms with Crippen LogP contribution in [0.15, 0.2) is 66.6 Å². The van der Waals surface area contributed by atoms with E-state index in [-0.39, 0.29) is 11.4 Å². The summed E-state index contributed by atoms with van der Waals surface area (Å²) in [5.74, 6) is 0.651. The number of hydrogen-bond acceptors (Lipinski definition) is 5. The van der Waals surface area contributed by atoms with Crippen LogP contribution in [-0.2, 0) is 15.0 Å². The van der Waals surface area contributed by atoms with Gasteiger partial charge in [-0.25, -0.2) is 9.59 Å². The average Bonchev–Trinajstić information content (AvgIpc) is 2.85. The Balaban J connectivity index is 0.000000281. The normalized spacial score (nSPS) is 14.1. The number of carbonyl (C=O) groups excluding carboxylic acids is 2. The van der Waals surface area contributed by atoms with Crippen molar-refractivity contribution in [1.82, 2.24) is 0 Å². The smallest absolute Gasteiger partial charge is 0.335 e. The number of hydrogen-bond donors (Lipinski definition) is 0. The number of para-hydroxylation sites is 2. The van der Waals surface area contributed by atoms with E-state index in [1.54, 1.807) is 0 Å². The molecule has 4 nitrogen and oxygen atoms in total. The molecule has 0 bridgehead atoms. The van der Waals surface area contributed by atoms with Crippen LogP contribution in [0.1, 0.15) is 64.0 Å². The predicted octanol–water partition coefficient (Wildman–Crippen LogP) is 8.13. The van der Waals surface area contributed by atoms with Crippen LogP contribution in [0.25, 0.3) is 0 Å². The van der Waals surface area contributed by atoms with E-state index < -0.39 is 14.0 Å². The fraction of sp³-hybridized carbons (Fsp3) is 0.438. The van der Waals surface area contributed by atoms with Crippen molar-refractivity contribution >= 4 is 37.0 Å². The zero-order valence-electron chi connectivity index (χ0n) is 24.2. The molecule has 2 aromatic carbocycles. The molecule has 1 aliphatic carbocycles. The number of aryl methyl sites for hydroxylation is 1. The van der Waals surface area contributed by atoms with Crippen molar-refractivity contribution in [3.63, 3.8) is 0 Å². The van der Waals surface area contributed by atoms with Crippen LogP contribution in [0, 0.1) is 6.92 Å². The summed E-state index contributed by atoms with van der Waals surface area (Å²) < 4.78 is 10.9. The molecule has 206 valence electrons. The molecule has 6 heteroatoms. The third kappa shape index (κ3) is 9.32. The van der Waals surface area contributed by atoms with E-state index in [1.807, 2.05) is 36.9 Å². The summed E-state index contributed by atoms with van der Waals surface area (Å²) in [4.78, 5) is 24.1. The average molecular weight is 553 g/mol. The maximum absolute atomic E-state index is 11.8. The van der Waals surface area contributed by atoms with Crippen molar-refractivity contribution < 1.29 is 19.1 Å². The van der Waals surface area contributed by atoms with Gasteiger partial charge < -0.3 is 9.47 Å². The number of thioether (sulfide) groups is 1. The van der Waals surface area contributed by atoms with Gasteiger partial charge in [0.2, 0.25) is 0 Å². The van der Waals surface area contributed by atoms with Crippen molar-refractivity contribution in [3.05, 3.63) is 72.8 Å². The minimum absolute atomic E-state index is 0.0695. The van der Waals surface area contributed by atoms with Gasteiger partial charge in [0.1, 0.15) is 11.5 Å². The molecule has 0 amide bonds. The summed E-state index contributed by atoms with van der Waals surface area (Å²) in [6.45, 7) is 22.0. The monoisotopic (exact) mass is 552 g/mol. The van der Waals surface area contributed by atoms with E-state index in [0.29, 0.717) is 11.0 Å². The Morgan fingerprint density at radius 2 is 1.45 bits per heavy atom. The summed E-state index contributed by atoms with van der Waals surface area (Å²) in [7, 11) is -1.50. The molecule has 0 saturated heterocycles. The summed E-state index contributed by atoms with van der Waals surface area (Å²) >= 11 is 1.86. The van der Waals surface area contributed by atoms with Crippen LogP contribution in [0.2, 0.25) is 19.6 Å². The third-order valence-corrected chi connectivity index (χ3v) is 9.78. The zero-order chi connectivity index (χ0) is 28.5. The van der Waals surface area contributed by atoms with Gasteiger partial charge in [0, 0.05) is 23.0 Å². The lowest BCUT2D eigenvalue weighted by Gasteiger charge is -2.26. The first kappa shape index (κ1) is 31.6. The molecule has 0 aromatic heterocycles. The molecule has 38 heavy (non-hydrogen) atoms. The van der Waals surface area contributed by atoms with Crippen LogP contribution in [-0.4, -0.2) is 25.3 Å². The van der Waals surface area contributed by atoms with E-state index in [9.17, 15) is 9.59 Å². The minimum Gasteiger partial charge on any atom is -0.423 e. The van der Waals surface area contributed by atoms with Gasteiger partial charge in [-0.3, -0.25) is 0 Å². The SMILES string of the molecule is C=CC(=O)Oc1c(C)cccc1[Si](C)(C)C.C=CC(=O)Oc1c(SC2CCCCC2)cccc1C(C)(C)C. The number of rotatable bonds is 7. The summed E-state index contributed by atoms with van der Waals surface area (Å²) in [5.41, 5.74) is 2.00. The molecule has 1 aliphatic rings. The second-order valence-electron chi connectivity index (χ2n) is 11.7. The number of benzene rings is 2. The van der Waals surface area contributed by atoms with E-state index in [2.05, 4.69) is 71.8 Å². The Bertz CT molecular complexity index is 1140. The Morgan fingerprint density at radius 3 is 1.97 bits per heavy atom. The zero-order valence-corrected chi connectivity index (χ0v) is 26.0. The lowest BCUT2D eigenvalue weighted by molar-refractivity contribution is -0.130. The number of ether oxygens (including phenoxy) is 2. The van der Waals surface area contributed by atoms with Crippen molar-refractivity contribution in [3.8, 4) is 11.5 Å². The summed E-state index contributed by atoms with van der Waals surface area (Å²) in [6, 6.07) is 12.2. The second kappa shape index (κ2) is 14.0. The van der Waals surface area contributed by atoms with E-state index >= 15 is 0 Å². The molecule has 0 atom stereocenters. The van der Waals surface area contributed by atoms with Gasteiger partial charge in [-0.1, -0.05) is 103 Å². The van der Waals surface area contributed by atoms with Crippen LogP contribution in [0.5, 0.6) is 11.5 Å². The van der Waals surface area contributed by atoms with Crippen molar-refractivity contribution in [2.75, 3.05) is 0 Å². The molecule has 1 fully saturated rings. The van der Waals surface area contributed by atoms with Crippen molar-refractivity contribution in [1.29, 1.82) is 0 Å². The van der Waals surface area contributed by atoms with E-state index in [0.717, 1.165) is 21.8 Å². The highest BCUT2D eigenvalue weighted by molar-refractivity contribution is 8.00. The molecule has 0 aliphatic heterocycles. The predicted molar refractivity (Wildman–Crippen MR) is 164 cm³/mol. The summed E-state index contributed by atoms with van der Waals surface area (Å²) in [5, 5.41) is 1.80. The Morgan fingerprint density at radius 1 is 0.895 bits per heavy atom. The molecular weight excluding hydrogens is 509 g/mol. The first-order valence-electron chi connectivity index (χ1n) is 13.4. The molecule has 0 spiro atoms. The molecule has 3 rings (SSSR count). The van der Waals surface area contributed by atoms with Gasteiger partial charge in [0.05, 0.1) is 13.0 Å². The third-order valence-electron chi connectivity index (χ3n) is 6.39. The highest BCUT2D eigenvalue weighted by Gasteiger charge is 2.25. The standard InChI is InChI=1S/C19H26O2S.C13H18O2Si/c1-5-17(20)21-18-15(19(2,3)4)12-9-13-16(18)22-14-10-7-6-8-11-14;1-6-12(14)15-13-10(2)8-7-9-11(13)16(3,4)5/h5,9,12-14H,1,6-8,10-11H2,2-4H3;6-9H,1H2,2-5H3. The molecule has 2 aromatic rings. The fourth-order valence-corrected chi connectivity index (χ4v) is 7.20. The van der Waals surface area contributed by atoms with E-state index in [4.69, 9.17) is 9.47 Å². The number of esters is 2. The van der Waals surface area contributed by atoms with Gasteiger partial charge in [0.25, 0.3) is 0 Å². The summed E-state index contributed by atoms with van der Waals surface area (Å²) in [6.07, 6.45) is 8.88. The van der Waals surface area contributed by atoms with E-state index in [1.165, 1.54) is 49.4 Å². The van der Waals surface area contributed by atoms with Crippen molar-refractivity contribution in [2.24, 2.45) is 0 Å². The van der Waals surface area contributed by atoms with Crippen LogP contribution in [0.3, 0.4) is 0 Å². The van der Waals surface area contributed by atoms with Crippen molar-refractivity contribution in [2.45, 2.75) is 95.0 Å². The molecule has 0 heterocycles. The molecular formula is C32H44O4SSi. The second-order valence-corrected chi connectivity index (χ2v) is 18.1. The topological polar surface area (TPSA) is 52.6 Å².